The largest absolute Gasteiger partial charge is 0.497 e. The van der Waals surface area contributed by atoms with Crippen molar-refractivity contribution in [1.82, 2.24) is 0 Å². The molecule has 0 aliphatic heterocycles. The lowest BCUT2D eigenvalue weighted by Crippen LogP contribution is -2.04. The van der Waals surface area contributed by atoms with Crippen molar-refractivity contribution in [2.45, 2.75) is 19.3 Å². The maximum atomic E-state index is 5.81. The minimum atomic E-state index is 0.666. The van der Waals surface area contributed by atoms with Gasteiger partial charge in [-0.25, -0.2) is 0 Å². The average molecular weight is 451 g/mol. The van der Waals surface area contributed by atoms with Crippen LogP contribution in [0.5, 0.6) is 34.5 Å². The summed E-state index contributed by atoms with van der Waals surface area (Å²) in [6.07, 6.45) is 2.00. The van der Waals surface area contributed by atoms with Crippen LogP contribution < -0.4 is 28.4 Å². The van der Waals surface area contributed by atoms with E-state index in [0.29, 0.717) is 19.3 Å². The van der Waals surface area contributed by atoms with Gasteiger partial charge in [-0.1, -0.05) is 0 Å². The molecule has 0 N–H and O–H groups in total. The first-order valence-corrected chi connectivity index (χ1v) is 10.8. The summed E-state index contributed by atoms with van der Waals surface area (Å²) in [4.78, 5) is 0. The van der Waals surface area contributed by atoms with Crippen molar-refractivity contribution in [3.63, 3.8) is 0 Å². The highest BCUT2D eigenvalue weighted by Crippen LogP contribution is 2.41. The van der Waals surface area contributed by atoms with Crippen molar-refractivity contribution in [1.29, 1.82) is 0 Å². The summed E-state index contributed by atoms with van der Waals surface area (Å²) in [6, 6.07) is 12.0. The van der Waals surface area contributed by atoms with Crippen LogP contribution in [0.4, 0.5) is 0 Å². The van der Waals surface area contributed by atoms with Gasteiger partial charge in [0.15, 0.2) is 0 Å². The summed E-state index contributed by atoms with van der Waals surface area (Å²) in [5, 5.41) is 0. The van der Waals surface area contributed by atoms with Crippen LogP contribution in [0.3, 0.4) is 0 Å². The van der Waals surface area contributed by atoms with Crippen molar-refractivity contribution >= 4 is 0 Å². The van der Waals surface area contributed by atoms with E-state index in [2.05, 4.69) is 18.2 Å². The van der Waals surface area contributed by atoms with Gasteiger partial charge in [0.1, 0.15) is 34.5 Å². The summed E-state index contributed by atoms with van der Waals surface area (Å²) in [5.41, 5.74) is 6.64. The van der Waals surface area contributed by atoms with Gasteiger partial charge < -0.3 is 28.4 Å². The number of methoxy groups -OCH3 is 6. The lowest BCUT2D eigenvalue weighted by molar-refractivity contribution is 0.388. The summed E-state index contributed by atoms with van der Waals surface area (Å²) < 4.78 is 34.2. The molecule has 0 heterocycles. The van der Waals surface area contributed by atoms with Gasteiger partial charge in [0, 0.05) is 54.2 Å². The van der Waals surface area contributed by atoms with Gasteiger partial charge in [0.25, 0.3) is 0 Å². The van der Waals surface area contributed by atoms with Crippen LogP contribution in [0.1, 0.15) is 33.4 Å². The zero-order valence-electron chi connectivity index (χ0n) is 20.0. The Bertz CT molecular complexity index is 1020. The number of benzene rings is 3. The van der Waals surface area contributed by atoms with Crippen LogP contribution in [0.15, 0.2) is 36.4 Å². The molecule has 0 amide bonds. The minimum Gasteiger partial charge on any atom is -0.497 e. The molecular weight excluding hydrogens is 420 g/mol. The Balaban J connectivity index is 2.07. The van der Waals surface area contributed by atoms with E-state index in [4.69, 9.17) is 28.4 Å². The zero-order valence-corrected chi connectivity index (χ0v) is 20.0. The molecule has 0 bridgehead atoms. The highest BCUT2D eigenvalue weighted by atomic mass is 16.5. The highest BCUT2D eigenvalue weighted by molar-refractivity contribution is 5.59. The summed E-state index contributed by atoms with van der Waals surface area (Å²) in [5.74, 6) is 4.61. The molecular formula is C27H30O6. The summed E-state index contributed by atoms with van der Waals surface area (Å²) in [6.45, 7) is 0. The third-order valence-corrected chi connectivity index (χ3v) is 6.29. The van der Waals surface area contributed by atoms with Crippen LogP contribution >= 0.6 is 0 Å². The van der Waals surface area contributed by atoms with Gasteiger partial charge in [-0.15, -0.1) is 0 Å². The van der Waals surface area contributed by atoms with E-state index in [1.807, 2.05) is 18.2 Å². The fraction of sp³-hybridized carbons (Fsp3) is 0.333. The van der Waals surface area contributed by atoms with Crippen LogP contribution in [0.25, 0.3) is 0 Å². The standard InChI is InChI=1S/C27H30O6/c1-28-19-7-16-10-23-18(9-21(30-3)14-26(23)32-5)12-24-17(11-22(16)25(13-19)31-4)8-20(29-2)15-27(24)33-6/h7-9,13-15H,10-12H2,1-6H3. The van der Waals surface area contributed by atoms with Crippen LogP contribution in [0, 0.1) is 0 Å². The average Bonchev–Trinajstić information content (AvgIpc) is 2.92. The first kappa shape index (κ1) is 22.6. The Kier molecular flexibility index (Phi) is 6.54. The fourth-order valence-electron chi connectivity index (χ4n) is 4.57. The van der Waals surface area contributed by atoms with Gasteiger partial charge in [-0.2, -0.15) is 0 Å². The Hall–Kier alpha value is -3.54. The molecule has 0 aromatic heterocycles. The van der Waals surface area contributed by atoms with Gasteiger partial charge in [0.05, 0.1) is 42.7 Å². The Morgan fingerprint density at radius 2 is 0.667 bits per heavy atom. The number of rotatable bonds is 6. The first-order chi connectivity index (χ1) is 16.0. The third-order valence-electron chi connectivity index (χ3n) is 6.29. The second kappa shape index (κ2) is 9.53. The molecule has 1 aliphatic carbocycles. The van der Waals surface area contributed by atoms with Gasteiger partial charge >= 0.3 is 0 Å². The normalized spacial score (nSPS) is 12.2. The quantitative estimate of drug-likeness (QED) is 0.420. The van der Waals surface area contributed by atoms with Crippen LogP contribution in [-0.2, 0) is 19.3 Å². The second-order valence-corrected chi connectivity index (χ2v) is 7.93. The monoisotopic (exact) mass is 450 g/mol. The topological polar surface area (TPSA) is 55.4 Å². The Morgan fingerprint density at radius 1 is 0.394 bits per heavy atom. The molecule has 33 heavy (non-hydrogen) atoms. The molecule has 4 rings (SSSR count). The molecule has 0 radical (unpaired) electrons. The molecule has 1 aliphatic rings. The molecule has 0 saturated heterocycles. The first-order valence-electron chi connectivity index (χ1n) is 10.8. The Labute approximate surface area is 195 Å². The molecule has 0 saturated carbocycles. The molecule has 0 fully saturated rings. The molecule has 6 nitrogen and oxygen atoms in total. The van der Waals surface area contributed by atoms with Crippen molar-refractivity contribution < 1.29 is 28.4 Å². The SMILES string of the molecule is COc1cc2c(c(OC)c1)Cc1cc(OC)cc(OC)c1Cc1cc(OC)cc(OC)c1C2. The molecule has 0 spiro atoms. The maximum Gasteiger partial charge on any atom is 0.126 e. The molecule has 174 valence electrons. The third kappa shape index (κ3) is 4.25. The van der Waals surface area contributed by atoms with E-state index in [-0.39, 0.29) is 0 Å². The highest BCUT2D eigenvalue weighted by Gasteiger charge is 2.24. The van der Waals surface area contributed by atoms with Crippen molar-refractivity contribution in [3.05, 3.63) is 69.8 Å². The lowest BCUT2D eigenvalue weighted by Gasteiger charge is -2.18. The predicted molar refractivity (Wildman–Crippen MR) is 127 cm³/mol. The summed E-state index contributed by atoms with van der Waals surface area (Å²) in [7, 11) is 10.1. The lowest BCUT2D eigenvalue weighted by atomic mass is 9.93. The van der Waals surface area contributed by atoms with E-state index in [0.717, 1.165) is 67.9 Å². The molecule has 0 unspecified atom stereocenters. The predicted octanol–water partition coefficient (Wildman–Crippen LogP) is 4.82. The maximum absolute atomic E-state index is 5.81. The molecule has 0 atom stereocenters. The number of fused-ring (bicyclic) bond motifs is 3. The van der Waals surface area contributed by atoms with Gasteiger partial charge in [-0.3, -0.25) is 0 Å². The van der Waals surface area contributed by atoms with Crippen molar-refractivity contribution in [2.24, 2.45) is 0 Å². The molecule has 3 aromatic carbocycles. The van der Waals surface area contributed by atoms with E-state index < -0.39 is 0 Å². The fourth-order valence-corrected chi connectivity index (χ4v) is 4.57. The Morgan fingerprint density at radius 3 is 0.879 bits per heavy atom. The van der Waals surface area contributed by atoms with Crippen molar-refractivity contribution in [2.75, 3.05) is 42.7 Å². The summed E-state index contributed by atoms with van der Waals surface area (Å²) >= 11 is 0. The number of ether oxygens (including phenoxy) is 6. The van der Waals surface area contributed by atoms with E-state index in [9.17, 15) is 0 Å². The second-order valence-electron chi connectivity index (χ2n) is 7.93. The van der Waals surface area contributed by atoms with Crippen LogP contribution in [0.2, 0.25) is 0 Å². The van der Waals surface area contributed by atoms with Crippen LogP contribution in [-0.4, -0.2) is 42.7 Å². The zero-order chi connectivity index (χ0) is 23.5. The molecule has 3 aromatic rings. The molecule has 6 heteroatoms. The van der Waals surface area contributed by atoms with Gasteiger partial charge in [-0.05, 0) is 34.9 Å². The minimum absolute atomic E-state index is 0.666. The number of hydrogen-bond acceptors (Lipinski definition) is 6. The number of hydrogen-bond donors (Lipinski definition) is 0. The van der Waals surface area contributed by atoms with E-state index in [1.54, 1.807) is 42.7 Å². The van der Waals surface area contributed by atoms with E-state index in [1.165, 1.54) is 0 Å². The van der Waals surface area contributed by atoms with Crippen molar-refractivity contribution in [3.8, 4) is 34.5 Å². The van der Waals surface area contributed by atoms with Gasteiger partial charge in [0.2, 0.25) is 0 Å². The van der Waals surface area contributed by atoms with E-state index >= 15 is 0 Å². The smallest absolute Gasteiger partial charge is 0.126 e.